The first-order valence-electron chi connectivity index (χ1n) is 6.87. The molecule has 4 nitrogen and oxygen atoms in total. The van der Waals surface area contributed by atoms with E-state index in [-0.39, 0.29) is 0 Å². The molecule has 1 aromatic carbocycles. The summed E-state index contributed by atoms with van der Waals surface area (Å²) in [5.41, 5.74) is 3.32. The number of aliphatic hydroxyl groups excluding tert-OH is 1. The maximum Gasteiger partial charge on any atom is 0.122 e. The van der Waals surface area contributed by atoms with Crippen molar-refractivity contribution in [1.29, 1.82) is 0 Å². The van der Waals surface area contributed by atoms with Gasteiger partial charge in [-0.3, -0.25) is 4.90 Å². The average Bonchev–Trinajstić information content (AvgIpc) is 2.77. The zero-order chi connectivity index (χ0) is 14.7. The van der Waals surface area contributed by atoms with Crippen LogP contribution in [-0.4, -0.2) is 33.1 Å². The Kier molecular flexibility index (Phi) is 4.57. The normalized spacial score (nSPS) is 12.9. The highest BCUT2D eigenvalue weighted by atomic mass is 16.3. The molecule has 1 atom stereocenters. The van der Waals surface area contributed by atoms with E-state index in [4.69, 9.17) is 0 Å². The molecule has 1 heterocycles. The third-order valence-electron chi connectivity index (χ3n) is 3.61. The van der Waals surface area contributed by atoms with Crippen LogP contribution in [0, 0.1) is 13.8 Å². The van der Waals surface area contributed by atoms with Crippen LogP contribution in [0.2, 0.25) is 0 Å². The minimum atomic E-state index is -0.472. The van der Waals surface area contributed by atoms with Crippen LogP contribution < -0.4 is 0 Å². The smallest absolute Gasteiger partial charge is 0.122 e. The van der Waals surface area contributed by atoms with Crippen molar-refractivity contribution in [2.24, 2.45) is 7.05 Å². The van der Waals surface area contributed by atoms with Crippen LogP contribution in [0.4, 0.5) is 0 Å². The van der Waals surface area contributed by atoms with Gasteiger partial charge in [0.15, 0.2) is 0 Å². The molecule has 0 aliphatic heterocycles. The second-order valence-electron chi connectivity index (χ2n) is 5.53. The number of benzene rings is 1. The molecule has 0 fully saturated rings. The van der Waals surface area contributed by atoms with Gasteiger partial charge in [-0.2, -0.15) is 0 Å². The third kappa shape index (κ3) is 3.46. The second-order valence-corrected chi connectivity index (χ2v) is 5.53. The van der Waals surface area contributed by atoms with Crippen LogP contribution >= 0.6 is 0 Å². The molecule has 20 heavy (non-hydrogen) atoms. The summed E-state index contributed by atoms with van der Waals surface area (Å²) < 4.78 is 2.00. The van der Waals surface area contributed by atoms with E-state index in [9.17, 15) is 5.11 Å². The molecule has 0 aliphatic rings. The van der Waals surface area contributed by atoms with Crippen LogP contribution in [0.5, 0.6) is 0 Å². The highest BCUT2D eigenvalue weighted by molar-refractivity contribution is 5.32. The largest absolute Gasteiger partial charge is 0.387 e. The first kappa shape index (κ1) is 14.8. The van der Waals surface area contributed by atoms with E-state index in [1.54, 1.807) is 6.20 Å². The standard InChI is InChI=1S/C16H23N3O/c1-12-5-6-13(2)14(9-12)15(20)10-18(3)11-16-17-7-8-19(16)4/h5-9,15,20H,10-11H2,1-4H3. The van der Waals surface area contributed by atoms with Crippen LogP contribution in [0.15, 0.2) is 30.6 Å². The van der Waals surface area contributed by atoms with E-state index >= 15 is 0 Å². The summed E-state index contributed by atoms with van der Waals surface area (Å²) >= 11 is 0. The number of likely N-dealkylation sites (N-methyl/N-ethyl adjacent to an activating group) is 1. The Morgan fingerprint density at radius 2 is 2.10 bits per heavy atom. The number of aromatic nitrogens is 2. The Balaban J connectivity index is 2.02. The van der Waals surface area contributed by atoms with Crippen molar-refractivity contribution in [1.82, 2.24) is 14.5 Å². The predicted molar refractivity (Wildman–Crippen MR) is 80.4 cm³/mol. The monoisotopic (exact) mass is 273 g/mol. The lowest BCUT2D eigenvalue weighted by molar-refractivity contribution is 0.121. The maximum atomic E-state index is 10.4. The minimum absolute atomic E-state index is 0.472. The summed E-state index contributed by atoms with van der Waals surface area (Å²) in [4.78, 5) is 6.40. The number of imidazole rings is 1. The van der Waals surface area contributed by atoms with Gasteiger partial charge in [-0.1, -0.05) is 23.8 Å². The van der Waals surface area contributed by atoms with Gasteiger partial charge >= 0.3 is 0 Å². The first-order chi connectivity index (χ1) is 9.47. The molecular formula is C16H23N3O. The Labute approximate surface area is 120 Å². The van der Waals surface area contributed by atoms with Crippen molar-refractivity contribution in [3.05, 3.63) is 53.1 Å². The van der Waals surface area contributed by atoms with Crippen molar-refractivity contribution in [2.75, 3.05) is 13.6 Å². The molecule has 0 amide bonds. The van der Waals surface area contributed by atoms with Crippen LogP contribution in [0.25, 0.3) is 0 Å². The molecule has 0 saturated heterocycles. The Bertz CT molecular complexity index is 577. The number of hydrogen-bond acceptors (Lipinski definition) is 3. The lowest BCUT2D eigenvalue weighted by atomic mass is 10.0. The van der Waals surface area contributed by atoms with Gasteiger partial charge in [0.05, 0.1) is 12.6 Å². The minimum Gasteiger partial charge on any atom is -0.387 e. The fourth-order valence-corrected chi connectivity index (χ4v) is 2.37. The lowest BCUT2D eigenvalue weighted by Gasteiger charge is -2.22. The number of aryl methyl sites for hydroxylation is 3. The van der Waals surface area contributed by atoms with E-state index in [1.165, 1.54) is 5.56 Å². The molecular weight excluding hydrogens is 250 g/mol. The van der Waals surface area contributed by atoms with E-state index in [0.29, 0.717) is 6.54 Å². The molecule has 1 aromatic heterocycles. The molecule has 2 aromatic rings. The van der Waals surface area contributed by atoms with Crippen LogP contribution in [0.3, 0.4) is 0 Å². The van der Waals surface area contributed by atoms with Crippen molar-refractivity contribution < 1.29 is 5.11 Å². The molecule has 108 valence electrons. The number of nitrogens with zero attached hydrogens (tertiary/aromatic N) is 3. The van der Waals surface area contributed by atoms with Gasteiger partial charge in [-0.05, 0) is 32.0 Å². The Hall–Kier alpha value is -1.65. The molecule has 1 N–H and O–H groups in total. The molecule has 0 aliphatic carbocycles. The fraction of sp³-hybridized carbons (Fsp3) is 0.438. The van der Waals surface area contributed by atoms with E-state index < -0.39 is 6.10 Å². The summed E-state index contributed by atoms with van der Waals surface area (Å²) in [7, 11) is 3.99. The summed E-state index contributed by atoms with van der Waals surface area (Å²) in [6.07, 6.45) is 3.26. The highest BCUT2D eigenvalue weighted by Crippen LogP contribution is 2.20. The van der Waals surface area contributed by atoms with Crippen LogP contribution in [0.1, 0.15) is 28.6 Å². The predicted octanol–water partition coefficient (Wildman–Crippen LogP) is 2.20. The molecule has 0 saturated carbocycles. The number of rotatable bonds is 5. The summed E-state index contributed by atoms with van der Waals surface area (Å²) in [6, 6.07) is 6.20. The zero-order valence-corrected chi connectivity index (χ0v) is 12.7. The van der Waals surface area contributed by atoms with Crippen molar-refractivity contribution >= 4 is 0 Å². The second kappa shape index (κ2) is 6.20. The fourth-order valence-electron chi connectivity index (χ4n) is 2.37. The third-order valence-corrected chi connectivity index (χ3v) is 3.61. The van der Waals surface area contributed by atoms with Gasteiger partial charge in [0.2, 0.25) is 0 Å². The van der Waals surface area contributed by atoms with Gasteiger partial charge in [0.1, 0.15) is 5.82 Å². The molecule has 1 unspecified atom stereocenters. The molecule has 0 bridgehead atoms. The van der Waals surface area contributed by atoms with E-state index in [0.717, 1.165) is 23.5 Å². The SMILES string of the molecule is Cc1ccc(C)c(C(O)CN(C)Cc2nccn2C)c1. The molecule has 0 radical (unpaired) electrons. The van der Waals surface area contributed by atoms with Gasteiger partial charge in [0.25, 0.3) is 0 Å². The lowest BCUT2D eigenvalue weighted by Crippen LogP contribution is -2.26. The van der Waals surface area contributed by atoms with Gasteiger partial charge in [0, 0.05) is 26.0 Å². The van der Waals surface area contributed by atoms with Gasteiger partial charge in [-0.25, -0.2) is 4.98 Å². The molecule has 0 spiro atoms. The summed E-state index contributed by atoms with van der Waals surface area (Å²) in [5, 5.41) is 10.4. The summed E-state index contributed by atoms with van der Waals surface area (Å²) in [6.45, 7) is 5.41. The van der Waals surface area contributed by atoms with Gasteiger partial charge < -0.3 is 9.67 Å². The van der Waals surface area contributed by atoms with Crippen molar-refractivity contribution in [3.63, 3.8) is 0 Å². The number of aliphatic hydroxyl groups is 1. The topological polar surface area (TPSA) is 41.3 Å². The average molecular weight is 273 g/mol. The van der Waals surface area contributed by atoms with E-state index in [1.807, 2.05) is 38.7 Å². The molecule has 4 heteroatoms. The van der Waals surface area contributed by atoms with Crippen LogP contribution in [-0.2, 0) is 13.6 Å². The Morgan fingerprint density at radius 3 is 2.75 bits per heavy atom. The number of hydrogen-bond donors (Lipinski definition) is 1. The zero-order valence-electron chi connectivity index (χ0n) is 12.7. The van der Waals surface area contributed by atoms with E-state index in [2.05, 4.69) is 28.1 Å². The van der Waals surface area contributed by atoms with Crippen molar-refractivity contribution in [2.45, 2.75) is 26.5 Å². The Morgan fingerprint density at radius 1 is 1.35 bits per heavy atom. The maximum absolute atomic E-state index is 10.4. The van der Waals surface area contributed by atoms with Gasteiger partial charge in [-0.15, -0.1) is 0 Å². The molecule has 2 rings (SSSR count). The quantitative estimate of drug-likeness (QED) is 0.908. The highest BCUT2D eigenvalue weighted by Gasteiger charge is 2.14. The van der Waals surface area contributed by atoms with Crippen molar-refractivity contribution in [3.8, 4) is 0 Å². The summed E-state index contributed by atoms with van der Waals surface area (Å²) in [5.74, 6) is 1.00. The first-order valence-corrected chi connectivity index (χ1v) is 6.87.